The van der Waals surface area contributed by atoms with Crippen molar-refractivity contribution in [1.82, 2.24) is 10.2 Å². The van der Waals surface area contributed by atoms with E-state index in [1.807, 2.05) is 13.8 Å². The van der Waals surface area contributed by atoms with Crippen LogP contribution in [0.1, 0.15) is 63.5 Å². The smallest absolute Gasteiger partial charge is 0.338 e. The van der Waals surface area contributed by atoms with E-state index in [2.05, 4.69) is 5.32 Å². The van der Waals surface area contributed by atoms with E-state index in [9.17, 15) is 19.2 Å². The topological polar surface area (TPSA) is 106 Å². The first-order valence-electron chi connectivity index (χ1n) is 9.39. The average Bonchev–Trinajstić information content (AvgIpc) is 3.29. The molecule has 0 aliphatic carbocycles. The number of hydrogen-bond acceptors (Lipinski definition) is 6. The summed E-state index contributed by atoms with van der Waals surface area (Å²) in [5, 5.41) is 2.74. The number of rotatable bonds is 8. The lowest BCUT2D eigenvalue weighted by atomic mass is 10.1. The Bertz CT molecular complexity index is 935. The number of benzene rings is 1. The molecular formula is C21H22N2O6. The fraction of sp³-hybridized carbons (Fsp3) is 0.333. The van der Waals surface area contributed by atoms with Gasteiger partial charge in [-0.2, -0.15) is 0 Å². The first kappa shape index (κ1) is 20.3. The third-order valence-corrected chi connectivity index (χ3v) is 4.56. The lowest BCUT2D eigenvalue weighted by Crippen LogP contribution is -2.35. The lowest BCUT2D eigenvalue weighted by molar-refractivity contribution is -0.124. The minimum atomic E-state index is -0.740. The van der Waals surface area contributed by atoms with Gasteiger partial charge in [0.05, 0.1) is 29.5 Å². The van der Waals surface area contributed by atoms with Gasteiger partial charge in [-0.15, -0.1) is 0 Å². The highest BCUT2D eigenvalue weighted by Gasteiger charge is 2.36. The van der Waals surface area contributed by atoms with Crippen LogP contribution >= 0.6 is 0 Å². The number of nitrogens with zero attached hydrogens (tertiary/aromatic N) is 1. The zero-order valence-electron chi connectivity index (χ0n) is 16.3. The highest BCUT2D eigenvalue weighted by atomic mass is 16.5. The Balaban J connectivity index is 1.64. The Morgan fingerprint density at radius 2 is 1.93 bits per heavy atom. The molecule has 1 aliphatic heterocycles. The molecule has 1 N–H and O–H groups in total. The molecule has 2 heterocycles. The van der Waals surface area contributed by atoms with Crippen LogP contribution in [0.4, 0.5) is 0 Å². The quantitative estimate of drug-likeness (QED) is 0.541. The van der Waals surface area contributed by atoms with Crippen LogP contribution in [0.5, 0.6) is 0 Å². The molecule has 3 rings (SSSR count). The van der Waals surface area contributed by atoms with Crippen molar-refractivity contribution < 1.29 is 28.3 Å². The Morgan fingerprint density at radius 1 is 1.17 bits per heavy atom. The Morgan fingerprint density at radius 3 is 2.62 bits per heavy atom. The third kappa shape index (κ3) is 4.53. The van der Waals surface area contributed by atoms with Gasteiger partial charge in [-0.05, 0) is 43.7 Å². The van der Waals surface area contributed by atoms with E-state index in [1.54, 1.807) is 12.1 Å². The minimum Gasteiger partial charge on any atom is -0.467 e. The van der Waals surface area contributed by atoms with Crippen molar-refractivity contribution in [3.63, 3.8) is 0 Å². The molecule has 1 atom stereocenters. The van der Waals surface area contributed by atoms with Gasteiger partial charge < -0.3 is 14.5 Å². The number of fused-ring (bicyclic) bond motifs is 1. The molecule has 1 aromatic heterocycles. The maximum absolute atomic E-state index is 12.6. The summed E-state index contributed by atoms with van der Waals surface area (Å²) >= 11 is 0. The molecule has 1 aliphatic rings. The molecule has 0 spiro atoms. The van der Waals surface area contributed by atoms with Crippen molar-refractivity contribution in [2.75, 3.05) is 6.61 Å². The molecular weight excluding hydrogens is 376 g/mol. The molecule has 0 saturated carbocycles. The zero-order valence-corrected chi connectivity index (χ0v) is 16.3. The summed E-state index contributed by atoms with van der Waals surface area (Å²) in [6.07, 6.45) is 3.22. The predicted molar refractivity (Wildman–Crippen MR) is 102 cm³/mol. The van der Waals surface area contributed by atoms with Gasteiger partial charge in [0.25, 0.3) is 17.7 Å². The summed E-state index contributed by atoms with van der Waals surface area (Å²) in [4.78, 5) is 50.2. The summed E-state index contributed by atoms with van der Waals surface area (Å²) in [7, 11) is 0. The second-order valence-electron chi connectivity index (χ2n) is 6.87. The largest absolute Gasteiger partial charge is 0.467 e. The first-order valence-corrected chi connectivity index (χ1v) is 9.39. The van der Waals surface area contributed by atoms with Crippen LogP contribution in [0, 0.1) is 0 Å². The number of imide groups is 1. The summed E-state index contributed by atoms with van der Waals surface area (Å²) in [6.45, 7) is 3.48. The van der Waals surface area contributed by atoms with Gasteiger partial charge in [-0.3, -0.25) is 19.3 Å². The summed E-state index contributed by atoms with van der Waals surface area (Å²) in [5.74, 6) is -1.62. The standard InChI is InChI=1S/C21H22N2O6/c1-3-5-13(2)22-18(24)12-29-21(27)14-7-8-16-17(10-14)20(26)23(19(16)25)11-15-6-4-9-28-15/h4,6-10,13H,3,5,11-12H2,1-2H3,(H,22,24)/t13-/m1/s1. The maximum atomic E-state index is 12.6. The average molecular weight is 398 g/mol. The Hall–Kier alpha value is -3.42. The van der Waals surface area contributed by atoms with E-state index in [1.165, 1.54) is 24.5 Å². The van der Waals surface area contributed by atoms with Crippen molar-refractivity contribution in [3.8, 4) is 0 Å². The van der Waals surface area contributed by atoms with Crippen molar-refractivity contribution in [1.29, 1.82) is 0 Å². The molecule has 0 radical (unpaired) electrons. The second-order valence-corrected chi connectivity index (χ2v) is 6.87. The fourth-order valence-electron chi connectivity index (χ4n) is 3.16. The number of hydrogen-bond donors (Lipinski definition) is 1. The number of carbonyl (C=O) groups is 4. The molecule has 8 heteroatoms. The molecule has 0 unspecified atom stereocenters. The van der Waals surface area contributed by atoms with Gasteiger partial charge in [-0.25, -0.2) is 4.79 Å². The van der Waals surface area contributed by atoms with Crippen LogP contribution in [0.15, 0.2) is 41.0 Å². The van der Waals surface area contributed by atoms with Crippen LogP contribution in [0.25, 0.3) is 0 Å². The van der Waals surface area contributed by atoms with Crippen molar-refractivity contribution in [2.24, 2.45) is 0 Å². The van der Waals surface area contributed by atoms with E-state index >= 15 is 0 Å². The number of ether oxygens (including phenoxy) is 1. The monoisotopic (exact) mass is 398 g/mol. The predicted octanol–water partition coefficient (Wildman–Crippen LogP) is 2.54. The van der Waals surface area contributed by atoms with Crippen LogP contribution in [0.3, 0.4) is 0 Å². The van der Waals surface area contributed by atoms with E-state index in [-0.39, 0.29) is 29.3 Å². The number of nitrogens with one attached hydrogen (secondary N) is 1. The molecule has 152 valence electrons. The fourth-order valence-corrected chi connectivity index (χ4v) is 3.16. The molecule has 0 bridgehead atoms. The molecule has 29 heavy (non-hydrogen) atoms. The zero-order chi connectivity index (χ0) is 21.0. The van der Waals surface area contributed by atoms with Gasteiger partial charge in [0.15, 0.2) is 6.61 Å². The Kier molecular flexibility index (Phi) is 6.11. The van der Waals surface area contributed by atoms with Crippen molar-refractivity contribution >= 4 is 23.7 Å². The molecule has 2 aromatic rings. The van der Waals surface area contributed by atoms with Crippen LogP contribution in [-0.2, 0) is 16.1 Å². The van der Waals surface area contributed by atoms with Crippen molar-refractivity contribution in [2.45, 2.75) is 39.3 Å². The maximum Gasteiger partial charge on any atom is 0.338 e. The summed E-state index contributed by atoms with van der Waals surface area (Å²) in [6, 6.07) is 7.46. The van der Waals surface area contributed by atoms with E-state index in [0.717, 1.165) is 17.7 Å². The van der Waals surface area contributed by atoms with Crippen LogP contribution < -0.4 is 5.32 Å². The van der Waals surface area contributed by atoms with Gasteiger partial charge >= 0.3 is 5.97 Å². The van der Waals surface area contributed by atoms with E-state index in [0.29, 0.717) is 5.76 Å². The molecule has 0 saturated heterocycles. The molecule has 0 fully saturated rings. The minimum absolute atomic E-state index is 0.00465. The number of carbonyl (C=O) groups excluding carboxylic acids is 4. The third-order valence-electron chi connectivity index (χ3n) is 4.56. The molecule has 8 nitrogen and oxygen atoms in total. The van der Waals surface area contributed by atoms with Gasteiger partial charge in [-0.1, -0.05) is 13.3 Å². The summed E-state index contributed by atoms with van der Waals surface area (Å²) < 4.78 is 10.2. The normalized spacial score (nSPS) is 13.9. The van der Waals surface area contributed by atoms with Gasteiger partial charge in [0.2, 0.25) is 0 Å². The lowest BCUT2D eigenvalue weighted by Gasteiger charge is -2.12. The van der Waals surface area contributed by atoms with Gasteiger partial charge in [0, 0.05) is 6.04 Å². The Labute approximate surface area is 167 Å². The van der Waals surface area contributed by atoms with Gasteiger partial charge in [0.1, 0.15) is 5.76 Å². The van der Waals surface area contributed by atoms with E-state index < -0.39 is 30.3 Å². The summed E-state index contributed by atoms with van der Waals surface area (Å²) in [5.41, 5.74) is 0.431. The molecule has 1 aromatic carbocycles. The van der Waals surface area contributed by atoms with Crippen LogP contribution in [-0.4, -0.2) is 41.2 Å². The molecule has 3 amide bonds. The second kappa shape index (κ2) is 8.72. The van der Waals surface area contributed by atoms with Crippen LogP contribution in [0.2, 0.25) is 0 Å². The number of esters is 1. The number of amides is 3. The SMILES string of the molecule is CCC[C@@H](C)NC(=O)COC(=O)c1ccc2c(c1)C(=O)N(Cc1ccco1)C2=O. The van der Waals surface area contributed by atoms with Crippen molar-refractivity contribution in [3.05, 3.63) is 59.0 Å². The highest BCUT2D eigenvalue weighted by Crippen LogP contribution is 2.26. The highest BCUT2D eigenvalue weighted by molar-refractivity contribution is 6.21. The number of furan rings is 1. The first-order chi connectivity index (χ1) is 13.9. The van der Waals surface area contributed by atoms with E-state index in [4.69, 9.17) is 9.15 Å².